The van der Waals surface area contributed by atoms with Crippen molar-refractivity contribution in [3.8, 4) is 0 Å². The van der Waals surface area contributed by atoms with Gasteiger partial charge in [0.1, 0.15) is 6.61 Å². The van der Waals surface area contributed by atoms with Crippen LogP contribution >= 0.6 is 0 Å². The molecule has 0 aliphatic heterocycles. The number of hydrogen-bond acceptors (Lipinski definition) is 4. The molecule has 4 heteroatoms. The third-order valence-corrected chi connectivity index (χ3v) is 2.93. The zero-order valence-corrected chi connectivity index (χ0v) is 10.9. The molecule has 1 aromatic heterocycles. The summed E-state index contributed by atoms with van der Waals surface area (Å²) >= 11 is 0. The van der Waals surface area contributed by atoms with Crippen LogP contribution in [-0.4, -0.2) is 23.1 Å². The van der Waals surface area contributed by atoms with Crippen molar-refractivity contribution in [3.05, 3.63) is 23.3 Å². The van der Waals surface area contributed by atoms with E-state index in [0.29, 0.717) is 18.6 Å². The Bertz CT molecular complexity index is 375. The van der Waals surface area contributed by atoms with E-state index in [1.54, 1.807) is 7.11 Å². The standard InChI is InChI=1S/C13H21N3O/c1-9(2)13-10(6-14-11-4-5-11)7-15-12(16-13)8-17-3/h7,9,11,14H,4-6,8H2,1-3H3. The van der Waals surface area contributed by atoms with Gasteiger partial charge in [0.2, 0.25) is 0 Å². The summed E-state index contributed by atoms with van der Waals surface area (Å²) < 4.78 is 5.07. The maximum atomic E-state index is 5.07. The zero-order chi connectivity index (χ0) is 12.3. The summed E-state index contributed by atoms with van der Waals surface area (Å²) in [5.74, 6) is 1.19. The second-order valence-electron chi connectivity index (χ2n) is 4.94. The fraction of sp³-hybridized carbons (Fsp3) is 0.692. The van der Waals surface area contributed by atoms with Crippen LogP contribution in [0.1, 0.15) is 49.7 Å². The maximum Gasteiger partial charge on any atom is 0.154 e. The first-order valence-electron chi connectivity index (χ1n) is 6.27. The number of rotatable bonds is 6. The van der Waals surface area contributed by atoms with Gasteiger partial charge in [-0.2, -0.15) is 0 Å². The van der Waals surface area contributed by atoms with Crippen molar-refractivity contribution in [2.75, 3.05) is 7.11 Å². The molecule has 0 bridgehead atoms. The van der Waals surface area contributed by atoms with Crippen molar-refractivity contribution in [2.24, 2.45) is 0 Å². The Balaban J connectivity index is 2.11. The molecule has 0 saturated heterocycles. The van der Waals surface area contributed by atoms with Crippen LogP contribution in [0.5, 0.6) is 0 Å². The van der Waals surface area contributed by atoms with Crippen LogP contribution in [-0.2, 0) is 17.9 Å². The van der Waals surface area contributed by atoms with Crippen LogP contribution < -0.4 is 5.32 Å². The molecule has 1 aliphatic rings. The lowest BCUT2D eigenvalue weighted by Gasteiger charge is -2.13. The molecule has 0 amide bonds. The number of nitrogens with one attached hydrogen (secondary N) is 1. The Morgan fingerprint density at radius 3 is 2.82 bits per heavy atom. The largest absolute Gasteiger partial charge is 0.377 e. The monoisotopic (exact) mass is 235 g/mol. The normalized spacial score (nSPS) is 15.5. The van der Waals surface area contributed by atoms with Gasteiger partial charge in [-0.05, 0) is 18.8 Å². The fourth-order valence-electron chi connectivity index (χ4n) is 1.83. The highest BCUT2D eigenvalue weighted by Crippen LogP contribution is 2.21. The molecule has 17 heavy (non-hydrogen) atoms. The lowest BCUT2D eigenvalue weighted by Crippen LogP contribution is -2.18. The molecule has 94 valence electrons. The molecule has 2 rings (SSSR count). The van der Waals surface area contributed by atoms with E-state index in [4.69, 9.17) is 4.74 Å². The van der Waals surface area contributed by atoms with Gasteiger partial charge in [0.15, 0.2) is 5.82 Å². The summed E-state index contributed by atoms with van der Waals surface area (Å²) in [5, 5.41) is 3.51. The number of ether oxygens (including phenoxy) is 1. The first-order chi connectivity index (χ1) is 8.20. The second-order valence-corrected chi connectivity index (χ2v) is 4.94. The van der Waals surface area contributed by atoms with Crippen LogP contribution in [0.4, 0.5) is 0 Å². The first-order valence-corrected chi connectivity index (χ1v) is 6.27. The van der Waals surface area contributed by atoms with Gasteiger partial charge in [-0.3, -0.25) is 0 Å². The van der Waals surface area contributed by atoms with Gasteiger partial charge in [-0.15, -0.1) is 0 Å². The summed E-state index contributed by atoms with van der Waals surface area (Å²) in [6.45, 7) is 5.70. The smallest absolute Gasteiger partial charge is 0.154 e. The van der Waals surface area contributed by atoms with Crippen LogP contribution in [0.15, 0.2) is 6.20 Å². The van der Waals surface area contributed by atoms with Gasteiger partial charge in [-0.1, -0.05) is 13.8 Å². The van der Waals surface area contributed by atoms with Gasteiger partial charge >= 0.3 is 0 Å². The third kappa shape index (κ3) is 3.48. The molecular formula is C13H21N3O. The number of nitrogens with zero attached hydrogens (tertiary/aromatic N) is 2. The molecule has 1 aliphatic carbocycles. The average Bonchev–Trinajstić information content (AvgIpc) is 3.11. The molecule has 1 aromatic rings. The highest BCUT2D eigenvalue weighted by Gasteiger charge is 2.21. The van der Waals surface area contributed by atoms with Gasteiger partial charge in [0.25, 0.3) is 0 Å². The Labute approximate surface area is 103 Å². The van der Waals surface area contributed by atoms with Crippen LogP contribution in [0.2, 0.25) is 0 Å². The van der Waals surface area contributed by atoms with Crippen molar-refractivity contribution in [2.45, 2.75) is 51.8 Å². The summed E-state index contributed by atoms with van der Waals surface area (Å²) in [5.41, 5.74) is 2.35. The topological polar surface area (TPSA) is 47.0 Å². The number of aromatic nitrogens is 2. The minimum absolute atomic E-state index is 0.421. The SMILES string of the molecule is COCc1ncc(CNC2CC2)c(C(C)C)n1. The molecule has 0 aromatic carbocycles. The van der Waals surface area contributed by atoms with Gasteiger partial charge in [-0.25, -0.2) is 9.97 Å². The Kier molecular flexibility index (Phi) is 4.07. The van der Waals surface area contributed by atoms with Crippen LogP contribution in [0.3, 0.4) is 0 Å². The molecule has 0 atom stereocenters. The third-order valence-electron chi connectivity index (χ3n) is 2.93. The first kappa shape index (κ1) is 12.5. The molecule has 1 heterocycles. The summed E-state index contributed by atoms with van der Waals surface area (Å²) in [6, 6.07) is 0.716. The van der Waals surface area contributed by atoms with E-state index in [1.807, 2.05) is 6.20 Å². The molecular weight excluding hydrogens is 214 g/mol. The van der Waals surface area contributed by atoms with E-state index in [2.05, 4.69) is 29.1 Å². The predicted molar refractivity (Wildman–Crippen MR) is 66.7 cm³/mol. The second kappa shape index (κ2) is 5.56. The molecule has 0 radical (unpaired) electrons. The van der Waals surface area contributed by atoms with Crippen LogP contribution in [0, 0.1) is 0 Å². The minimum Gasteiger partial charge on any atom is -0.377 e. The maximum absolute atomic E-state index is 5.07. The number of methoxy groups -OCH3 is 1. The van der Waals surface area contributed by atoms with Gasteiger partial charge in [0.05, 0.1) is 5.69 Å². The highest BCUT2D eigenvalue weighted by molar-refractivity contribution is 5.21. The van der Waals surface area contributed by atoms with Gasteiger partial charge in [0, 0.05) is 31.5 Å². The Morgan fingerprint density at radius 2 is 2.24 bits per heavy atom. The van der Waals surface area contributed by atoms with E-state index in [9.17, 15) is 0 Å². The lowest BCUT2D eigenvalue weighted by atomic mass is 10.1. The van der Waals surface area contributed by atoms with Crippen LogP contribution in [0.25, 0.3) is 0 Å². The van der Waals surface area contributed by atoms with E-state index in [-0.39, 0.29) is 0 Å². The fourth-order valence-corrected chi connectivity index (χ4v) is 1.83. The quantitative estimate of drug-likeness (QED) is 0.819. The summed E-state index contributed by atoms with van der Waals surface area (Å²) in [7, 11) is 1.67. The Morgan fingerprint density at radius 1 is 1.47 bits per heavy atom. The van der Waals surface area contributed by atoms with Crippen molar-refractivity contribution in [1.82, 2.24) is 15.3 Å². The molecule has 0 spiro atoms. The van der Waals surface area contributed by atoms with Crippen molar-refractivity contribution >= 4 is 0 Å². The van der Waals surface area contributed by atoms with Crippen molar-refractivity contribution in [1.29, 1.82) is 0 Å². The van der Waals surface area contributed by atoms with Crippen molar-refractivity contribution < 1.29 is 4.74 Å². The summed E-state index contributed by atoms with van der Waals surface area (Å²) in [4.78, 5) is 8.92. The minimum atomic E-state index is 0.421. The molecule has 1 N–H and O–H groups in total. The van der Waals surface area contributed by atoms with Gasteiger partial charge < -0.3 is 10.1 Å². The zero-order valence-electron chi connectivity index (χ0n) is 10.9. The summed E-state index contributed by atoms with van der Waals surface area (Å²) in [6.07, 6.45) is 4.55. The molecule has 1 fully saturated rings. The molecule has 4 nitrogen and oxygen atoms in total. The van der Waals surface area contributed by atoms with E-state index >= 15 is 0 Å². The van der Waals surface area contributed by atoms with Crippen molar-refractivity contribution in [3.63, 3.8) is 0 Å². The van der Waals surface area contributed by atoms with E-state index in [0.717, 1.165) is 18.1 Å². The predicted octanol–water partition coefficient (Wildman–Crippen LogP) is 2.00. The molecule has 1 saturated carbocycles. The lowest BCUT2D eigenvalue weighted by molar-refractivity contribution is 0.177. The van der Waals surface area contributed by atoms with E-state index < -0.39 is 0 Å². The van der Waals surface area contributed by atoms with E-state index in [1.165, 1.54) is 18.4 Å². The Hall–Kier alpha value is -1.00. The number of hydrogen-bond donors (Lipinski definition) is 1. The average molecular weight is 235 g/mol. The highest BCUT2D eigenvalue weighted by atomic mass is 16.5. The molecule has 0 unspecified atom stereocenters.